The van der Waals surface area contributed by atoms with Crippen molar-refractivity contribution < 1.29 is 18.7 Å². The molecular formula is C8H4F2N2O2. The summed E-state index contributed by atoms with van der Waals surface area (Å²) in [5.74, 6) is -1.52. The number of carboxylic acid groups (broad SMARTS) is 1. The summed E-state index contributed by atoms with van der Waals surface area (Å²) in [5.41, 5.74) is -1.53. The van der Waals surface area contributed by atoms with Crippen LogP contribution in [0.1, 0.15) is 28.0 Å². The number of halogens is 2. The van der Waals surface area contributed by atoms with Gasteiger partial charge in [0.25, 0.3) is 6.43 Å². The van der Waals surface area contributed by atoms with Crippen LogP contribution in [0.25, 0.3) is 0 Å². The molecule has 0 fully saturated rings. The van der Waals surface area contributed by atoms with Crippen LogP contribution in [0.2, 0.25) is 0 Å². The lowest BCUT2D eigenvalue weighted by molar-refractivity contribution is 0.0682. The second kappa shape index (κ2) is 3.79. The normalized spacial score (nSPS) is 9.86. The monoisotopic (exact) mass is 198 g/mol. The number of carboxylic acids is 1. The molecular weight excluding hydrogens is 194 g/mol. The highest BCUT2D eigenvalue weighted by atomic mass is 19.3. The Labute approximate surface area is 77.4 Å². The molecule has 1 N–H and O–H groups in total. The SMILES string of the molecule is N#Cc1cnc(C(F)F)c(C(=O)O)c1. The van der Waals surface area contributed by atoms with Gasteiger partial charge < -0.3 is 5.11 Å². The summed E-state index contributed by atoms with van der Waals surface area (Å²) in [6.07, 6.45) is -2.05. The average molecular weight is 198 g/mol. The maximum absolute atomic E-state index is 12.2. The predicted molar refractivity (Wildman–Crippen MR) is 40.9 cm³/mol. The second-order valence-electron chi connectivity index (χ2n) is 2.37. The molecule has 0 aromatic carbocycles. The number of aromatic carboxylic acids is 1. The van der Waals surface area contributed by atoms with Crippen molar-refractivity contribution in [2.24, 2.45) is 0 Å². The van der Waals surface area contributed by atoms with E-state index in [1.807, 2.05) is 0 Å². The van der Waals surface area contributed by atoms with Crippen LogP contribution >= 0.6 is 0 Å². The Kier molecular flexibility index (Phi) is 2.72. The third-order valence-corrected chi connectivity index (χ3v) is 1.48. The number of hydrogen-bond acceptors (Lipinski definition) is 3. The first kappa shape index (κ1) is 10.1. The first-order chi connectivity index (χ1) is 6.56. The van der Waals surface area contributed by atoms with Gasteiger partial charge in [-0.25, -0.2) is 13.6 Å². The fourth-order valence-electron chi connectivity index (χ4n) is 0.882. The Bertz CT molecular complexity index is 412. The Balaban J connectivity index is 3.33. The van der Waals surface area contributed by atoms with Gasteiger partial charge in [0.2, 0.25) is 0 Å². The standard InChI is InChI=1S/C8H4F2N2O2/c9-7(10)6-5(8(13)14)1-4(2-11)3-12-6/h1,3,7H,(H,13,14). The number of nitriles is 1. The van der Waals surface area contributed by atoms with Crippen molar-refractivity contribution in [3.05, 3.63) is 29.1 Å². The van der Waals surface area contributed by atoms with Crippen LogP contribution in [0.4, 0.5) is 8.78 Å². The van der Waals surface area contributed by atoms with Gasteiger partial charge in [-0.1, -0.05) is 0 Å². The summed E-state index contributed by atoms with van der Waals surface area (Å²) >= 11 is 0. The molecule has 0 saturated heterocycles. The van der Waals surface area contributed by atoms with E-state index in [2.05, 4.69) is 4.98 Å². The summed E-state index contributed by atoms with van der Waals surface area (Å²) in [7, 11) is 0. The van der Waals surface area contributed by atoms with Gasteiger partial charge in [-0.3, -0.25) is 4.98 Å². The van der Waals surface area contributed by atoms with Gasteiger partial charge in [-0.2, -0.15) is 5.26 Å². The minimum absolute atomic E-state index is 0.0631. The quantitative estimate of drug-likeness (QED) is 0.782. The van der Waals surface area contributed by atoms with Crippen LogP contribution in [0.15, 0.2) is 12.3 Å². The van der Waals surface area contributed by atoms with Crippen LogP contribution in [0.5, 0.6) is 0 Å². The maximum Gasteiger partial charge on any atom is 0.337 e. The molecule has 0 amide bonds. The molecule has 1 aromatic rings. The van der Waals surface area contributed by atoms with Crippen molar-refractivity contribution in [2.45, 2.75) is 6.43 Å². The molecule has 0 radical (unpaired) electrons. The van der Waals surface area contributed by atoms with Gasteiger partial charge >= 0.3 is 5.97 Å². The van der Waals surface area contributed by atoms with E-state index in [1.54, 1.807) is 6.07 Å². The summed E-state index contributed by atoms with van der Waals surface area (Å²) < 4.78 is 24.4. The zero-order valence-corrected chi connectivity index (χ0v) is 6.74. The van der Waals surface area contributed by atoms with E-state index in [4.69, 9.17) is 10.4 Å². The third-order valence-electron chi connectivity index (χ3n) is 1.48. The number of rotatable bonds is 2. The summed E-state index contributed by atoms with van der Waals surface area (Å²) in [4.78, 5) is 13.7. The van der Waals surface area contributed by atoms with Crippen molar-refractivity contribution in [3.8, 4) is 6.07 Å². The molecule has 0 unspecified atom stereocenters. The zero-order valence-electron chi connectivity index (χ0n) is 6.74. The highest BCUT2D eigenvalue weighted by molar-refractivity contribution is 5.89. The smallest absolute Gasteiger partial charge is 0.337 e. The van der Waals surface area contributed by atoms with Crippen LogP contribution in [0, 0.1) is 11.3 Å². The topological polar surface area (TPSA) is 74.0 Å². The number of nitrogens with zero attached hydrogens (tertiary/aromatic N) is 2. The fraction of sp³-hybridized carbons (Fsp3) is 0.125. The van der Waals surface area contributed by atoms with E-state index in [0.29, 0.717) is 0 Å². The summed E-state index contributed by atoms with van der Waals surface area (Å²) in [6.45, 7) is 0. The molecule has 0 spiro atoms. The molecule has 6 heteroatoms. The number of carbonyl (C=O) groups is 1. The number of alkyl halides is 2. The van der Waals surface area contributed by atoms with E-state index in [0.717, 1.165) is 12.3 Å². The van der Waals surface area contributed by atoms with Gasteiger partial charge in [-0.05, 0) is 6.07 Å². The number of aromatic nitrogens is 1. The minimum atomic E-state index is -2.96. The molecule has 0 aliphatic carbocycles. The fourth-order valence-corrected chi connectivity index (χ4v) is 0.882. The molecule has 1 rings (SSSR count). The van der Waals surface area contributed by atoms with Crippen LogP contribution < -0.4 is 0 Å². The maximum atomic E-state index is 12.2. The molecule has 0 aliphatic heterocycles. The van der Waals surface area contributed by atoms with E-state index < -0.39 is 23.7 Å². The Morgan fingerprint density at radius 2 is 2.29 bits per heavy atom. The largest absolute Gasteiger partial charge is 0.478 e. The molecule has 0 saturated carbocycles. The first-order valence-corrected chi connectivity index (χ1v) is 3.47. The molecule has 1 heterocycles. The average Bonchev–Trinajstić information content (AvgIpc) is 2.16. The summed E-state index contributed by atoms with van der Waals surface area (Å²) in [5, 5.41) is 17.0. The third kappa shape index (κ3) is 1.82. The molecule has 0 atom stereocenters. The van der Waals surface area contributed by atoms with E-state index >= 15 is 0 Å². The van der Waals surface area contributed by atoms with Gasteiger partial charge in [0, 0.05) is 6.20 Å². The molecule has 1 aromatic heterocycles. The molecule has 14 heavy (non-hydrogen) atoms. The van der Waals surface area contributed by atoms with Crippen molar-refractivity contribution in [1.82, 2.24) is 4.98 Å². The van der Waals surface area contributed by atoms with Crippen molar-refractivity contribution in [3.63, 3.8) is 0 Å². The molecule has 0 bridgehead atoms. The lowest BCUT2D eigenvalue weighted by Gasteiger charge is -2.02. The molecule has 72 valence electrons. The number of hydrogen-bond donors (Lipinski definition) is 1. The van der Waals surface area contributed by atoms with Gasteiger partial charge in [0.1, 0.15) is 11.8 Å². The summed E-state index contributed by atoms with van der Waals surface area (Å²) in [6, 6.07) is 2.49. The van der Waals surface area contributed by atoms with Crippen molar-refractivity contribution in [2.75, 3.05) is 0 Å². The zero-order chi connectivity index (χ0) is 10.7. The predicted octanol–water partition coefficient (Wildman–Crippen LogP) is 1.59. The van der Waals surface area contributed by atoms with Crippen LogP contribution in [0.3, 0.4) is 0 Å². The van der Waals surface area contributed by atoms with E-state index in [9.17, 15) is 13.6 Å². The van der Waals surface area contributed by atoms with Crippen LogP contribution in [-0.2, 0) is 0 Å². The van der Waals surface area contributed by atoms with Gasteiger partial charge in [0.05, 0.1) is 11.1 Å². The number of pyridine rings is 1. The lowest BCUT2D eigenvalue weighted by atomic mass is 10.1. The van der Waals surface area contributed by atoms with Crippen LogP contribution in [-0.4, -0.2) is 16.1 Å². The second-order valence-corrected chi connectivity index (χ2v) is 2.37. The van der Waals surface area contributed by atoms with Gasteiger partial charge in [-0.15, -0.1) is 0 Å². The van der Waals surface area contributed by atoms with Crippen molar-refractivity contribution >= 4 is 5.97 Å². The van der Waals surface area contributed by atoms with E-state index in [1.165, 1.54) is 0 Å². The highest BCUT2D eigenvalue weighted by Crippen LogP contribution is 2.21. The lowest BCUT2D eigenvalue weighted by Crippen LogP contribution is -2.05. The molecule has 4 nitrogen and oxygen atoms in total. The molecule has 0 aliphatic rings. The highest BCUT2D eigenvalue weighted by Gasteiger charge is 2.19. The first-order valence-electron chi connectivity index (χ1n) is 3.47. The van der Waals surface area contributed by atoms with E-state index in [-0.39, 0.29) is 5.56 Å². The van der Waals surface area contributed by atoms with Gasteiger partial charge in [0.15, 0.2) is 0 Å². The minimum Gasteiger partial charge on any atom is -0.478 e. The van der Waals surface area contributed by atoms with Crippen molar-refractivity contribution in [1.29, 1.82) is 5.26 Å². The Morgan fingerprint density at radius 1 is 1.64 bits per heavy atom. The Hall–Kier alpha value is -2.03. The Morgan fingerprint density at radius 3 is 2.71 bits per heavy atom.